The van der Waals surface area contributed by atoms with E-state index < -0.39 is 0 Å². The molecule has 0 saturated carbocycles. The Balaban J connectivity index is 1.65. The van der Waals surface area contributed by atoms with Crippen molar-refractivity contribution in [2.75, 3.05) is 38.6 Å². The van der Waals surface area contributed by atoms with E-state index in [1.165, 1.54) is 70.6 Å². The Bertz CT molecular complexity index is 1080. The first kappa shape index (κ1) is 23.3. The Hall–Kier alpha value is -2.91. The number of hydrogen-bond donors (Lipinski definition) is 0. The smallest absolute Gasteiger partial charge is 0.0653 e. The Labute approximate surface area is 199 Å². The largest absolute Gasteiger partial charge is 0.377 e. The first-order chi connectivity index (χ1) is 16.0. The van der Waals surface area contributed by atoms with Crippen molar-refractivity contribution in [1.82, 2.24) is 4.90 Å². The van der Waals surface area contributed by atoms with Crippen LogP contribution in [0.3, 0.4) is 0 Å². The first-order valence-corrected chi connectivity index (χ1v) is 12.1. The summed E-state index contributed by atoms with van der Waals surface area (Å²) in [6.45, 7) is 14.2. The average Bonchev–Trinajstić information content (AvgIpc) is 3.32. The number of likely N-dealkylation sites (tertiary alicyclic amines) is 1. The van der Waals surface area contributed by atoms with Crippen molar-refractivity contribution in [3.63, 3.8) is 0 Å². The van der Waals surface area contributed by atoms with Gasteiger partial charge in [-0.05, 0) is 104 Å². The summed E-state index contributed by atoms with van der Waals surface area (Å²) in [5.74, 6) is 0. The quantitative estimate of drug-likeness (QED) is 0.419. The molecule has 0 N–H and O–H groups in total. The molecule has 0 unspecified atom stereocenters. The molecule has 1 heterocycles. The maximum atomic E-state index is 4.24. The van der Waals surface area contributed by atoms with Crippen molar-refractivity contribution in [3.8, 4) is 11.1 Å². The number of benzene rings is 2. The van der Waals surface area contributed by atoms with Crippen molar-refractivity contribution in [3.05, 3.63) is 77.4 Å². The highest BCUT2D eigenvalue weighted by molar-refractivity contribution is 5.84. The molecule has 0 amide bonds. The monoisotopic (exact) mass is 439 g/mol. The lowest BCUT2D eigenvalue weighted by Gasteiger charge is -2.23. The molecular weight excluding hydrogens is 402 g/mol. The second-order valence-electron chi connectivity index (χ2n) is 9.57. The fourth-order valence-corrected chi connectivity index (χ4v) is 5.16. The molecule has 1 aliphatic heterocycles. The minimum absolute atomic E-state index is 0.595. The number of nitrogens with zero attached hydrogens (tertiary/aromatic N) is 3. The molecule has 0 spiro atoms. The molecule has 1 saturated heterocycles. The number of hydrogen-bond acceptors (Lipinski definition) is 3. The van der Waals surface area contributed by atoms with E-state index in [1.807, 2.05) is 0 Å². The first-order valence-electron chi connectivity index (χ1n) is 12.1. The third kappa shape index (κ3) is 5.20. The molecule has 2 aliphatic rings. The van der Waals surface area contributed by atoms with Crippen LogP contribution >= 0.6 is 0 Å². The highest BCUT2D eigenvalue weighted by Crippen LogP contribution is 2.36. The molecule has 2 aromatic rings. The Morgan fingerprint density at radius 3 is 2.27 bits per heavy atom. The van der Waals surface area contributed by atoms with Crippen LogP contribution in [0.15, 0.2) is 65.7 Å². The molecule has 0 radical (unpaired) electrons. The Morgan fingerprint density at radius 2 is 1.64 bits per heavy atom. The summed E-state index contributed by atoms with van der Waals surface area (Å²) in [6, 6.07) is 13.6. The number of anilines is 1. The molecule has 172 valence electrons. The van der Waals surface area contributed by atoms with Crippen molar-refractivity contribution >= 4 is 23.6 Å². The minimum Gasteiger partial charge on any atom is -0.377 e. The van der Waals surface area contributed by atoms with Crippen molar-refractivity contribution in [2.45, 2.75) is 39.2 Å². The zero-order chi connectivity index (χ0) is 23.4. The van der Waals surface area contributed by atoms with E-state index in [9.17, 15) is 0 Å². The van der Waals surface area contributed by atoms with E-state index >= 15 is 0 Å². The van der Waals surface area contributed by atoms with Crippen LogP contribution in [-0.2, 0) is 6.54 Å². The highest BCUT2D eigenvalue weighted by Gasteiger charge is 2.18. The van der Waals surface area contributed by atoms with Crippen LogP contribution < -0.4 is 4.90 Å². The van der Waals surface area contributed by atoms with Crippen LogP contribution in [0.2, 0.25) is 0 Å². The van der Waals surface area contributed by atoms with Gasteiger partial charge >= 0.3 is 0 Å². The van der Waals surface area contributed by atoms with Crippen LogP contribution in [0.25, 0.3) is 22.3 Å². The zero-order valence-electron chi connectivity index (χ0n) is 20.5. The maximum Gasteiger partial charge on any atom is 0.0653 e. The van der Waals surface area contributed by atoms with Gasteiger partial charge in [-0.1, -0.05) is 43.0 Å². The normalized spacial score (nSPS) is 16.3. The van der Waals surface area contributed by atoms with Crippen molar-refractivity contribution in [2.24, 2.45) is 4.99 Å². The molecule has 2 aromatic carbocycles. The van der Waals surface area contributed by atoms with Gasteiger partial charge < -0.3 is 4.90 Å². The van der Waals surface area contributed by atoms with Crippen LogP contribution in [0.1, 0.15) is 49.3 Å². The van der Waals surface area contributed by atoms with Crippen LogP contribution in [0, 0.1) is 0 Å². The summed E-state index contributed by atoms with van der Waals surface area (Å²) >= 11 is 0. The summed E-state index contributed by atoms with van der Waals surface area (Å²) in [6.07, 6.45) is 9.85. The molecular formula is C30H37N3. The number of allylic oxidation sites excluding steroid dienone is 3. The Kier molecular flexibility index (Phi) is 7.29. The van der Waals surface area contributed by atoms with E-state index in [0.29, 0.717) is 6.54 Å². The summed E-state index contributed by atoms with van der Waals surface area (Å²) < 4.78 is 0. The fraction of sp³-hybridized carbons (Fsp3) is 0.367. The second kappa shape index (κ2) is 10.4. The van der Waals surface area contributed by atoms with Crippen molar-refractivity contribution < 1.29 is 0 Å². The van der Waals surface area contributed by atoms with Gasteiger partial charge in [0.1, 0.15) is 0 Å². The summed E-state index contributed by atoms with van der Waals surface area (Å²) in [5, 5.41) is 0. The van der Waals surface area contributed by atoms with Gasteiger partial charge in [0.2, 0.25) is 0 Å². The molecule has 33 heavy (non-hydrogen) atoms. The van der Waals surface area contributed by atoms with E-state index in [0.717, 1.165) is 25.0 Å². The fourth-order valence-electron chi connectivity index (χ4n) is 5.16. The molecule has 3 heteroatoms. The van der Waals surface area contributed by atoms with E-state index in [1.54, 1.807) is 0 Å². The van der Waals surface area contributed by atoms with Gasteiger partial charge in [-0.2, -0.15) is 0 Å². The lowest BCUT2D eigenvalue weighted by Crippen LogP contribution is -2.22. The van der Waals surface area contributed by atoms with Crippen molar-refractivity contribution in [1.29, 1.82) is 0 Å². The van der Waals surface area contributed by atoms with Gasteiger partial charge in [0.25, 0.3) is 0 Å². The predicted molar refractivity (Wildman–Crippen MR) is 145 cm³/mol. The Morgan fingerprint density at radius 1 is 0.970 bits per heavy atom. The molecule has 0 aromatic heterocycles. The lowest BCUT2D eigenvalue weighted by atomic mass is 9.89. The van der Waals surface area contributed by atoms with Crippen LogP contribution in [0.4, 0.5) is 5.69 Å². The summed E-state index contributed by atoms with van der Waals surface area (Å²) in [4.78, 5) is 8.94. The highest BCUT2D eigenvalue weighted by atomic mass is 15.1. The van der Waals surface area contributed by atoms with Crippen LogP contribution in [0.5, 0.6) is 0 Å². The van der Waals surface area contributed by atoms with Crippen LogP contribution in [-0.4, -0.2) is 45.3 Å². The standard InChI is InChI=1S/C30H37N3/c1-22(2)29-19-26(18-27(20-31-3)30(29)32(4)5)23-12-14-24(15-13-23)28-11-7-6-10-25(28)21-33-16-8-9-17-33/h10-15,18-19H,1,3,6-9,16-17,20-21H2,2,4-5H3. The molecule has 4 rings (SSSR count). The van der Waals surface area contributed by atoms with Gasteiger partial charge in [0.15, 0.2) is 0 Å². The zero-order valence-corrected chi connectivity index (χ0v) is 20.5. The van der Waals surface area contributed by atoms with Gasteiger partial charge in [-0.25, -0.2) is 0 Å². The molecule has 3 nitrogen and oxygen atoms in total. The third-order valence-corrected chi connectivity index (χ3v) is 6.75. The average molecular weight is 440 g/mol. The summed E-state index contributed by atoms with van der Waals surface area (Å²) in [7, 11) is 4.15. The van der Waals surface area contributed by atoms with E-state index in [4.69, 9.17) is 0 Å². The molecule has 0 bridgehead atoms. The maximum absolute atomic E-state index is 4.24. The molecule has 0 atom stereocenters. The number of aliphatic imine (C=N–C) groups is 1. The minimum atomic E-state index is 0.595. The van der Waals surface area contributed by atoms with Gasteiger partial charge in [-0.15, -0.1) is 0 Å². The topological polar surface area (TPSA) is 18.8 Å². The van der Waals surface area contributed by atoms with E-state index in [-0.39, 0.29) is 0 Å². The van der Waals surface area contributed by atoms with Gasteiger partial charge in [0.05, 0.1) is 6.54 Å². The number of rotatable bonds is 8. The molecule has 1 fully saturated rings. The van der Waals surface area contributed by atoms with Gasteiger partial charge in [0, 0.05) is 31.9 Å². The van der Waals surface area contributed by atoms with Gasteiger partial charge in [-0.3, -0.25) is 9.89 Å². The molecule has 1 aliphatic carbocycles. The predicted octanol–water partition coefficient (Wildman–Crippen LogP) is 6.85. The van der Waals surface area contributed by atoms with E-state index in [2.05, 4.69) is 97.7 Å². The lowest BCUT2D eigenvalue weighted by molar-refractivity contribution is 0.371. The third-order valence-electron chi connectivity index (χ3n) is 6.75. The SMILES string of the molecule is C=NCc1cc(-c2ccc(C3=CCCC=C3CN3CCCC3)cc2)cc(C(=C)C)c1N(C)C. The summed E-state index contributed by atoms with van der Waals surface area (Å²) in [5.41, 5.74) is 11.3. The second-order valence-corrected chi connectivity index (χ2v) is 9.57.